The number of amides is 1. The summed E-state index contributed by atoms with van der Waals surface area (Å²) in [6, 6.07) is 8.58. The third kappa shape index (κ3) is 4.77. The molecule has 0 aliphatic carbocycles. The summed E-state index contributed by atoms with van der Waals surface area (Å²) in [6.07, 6.45) is 0. The van der Waals surface area contributed by atoms with Crippen LogP contribution in [0.2, 0.25) is 0 Å². The minimum absolute atomic E-state index is 0.0742. The summed E-state index contributed by atoms with van der Waals surface area (Å²) in [7, 11) is -2.46. The van der Waals surface area contributed by atoms with Crippen LogP contribution in [0.5, 0.6) is 5.75 Å². The van der Waals surface area contributed by atoms with Crippen molar-refractivity contribution in [2.24, 2.45) is 0 Å². The molecule has 2 rings (SSSR count). The molecule has 0 aliphatic rings. The van der Waals surface area contributed by atoms with E-state index >= 15 is 0 Å². The van der Waals surface area contributed by atoms with Gasteiger partial charge in [-0.1, -0.05) is 6.07 Å². The molecule has 2 N–H and O–H groups in total. The number of ether oxygens (including phenoxy) is 1. The summed E-state index contributed by atoms with van der Waals surface area (Å²) in [5.74, 6) is -0.607. The summed E-state index contributed by atoms with van der Waals surface area (Å²) in [4.78, 5) is 12.0. The van der Waals surface area contributed by atoms with Crippen LogP contribution in [0.1, 0.15) is 11.1 Å². The highest BCUT2D eigenvalue weighted by Gasteiger charge is 2.18. The van der Waals surface area contributed by atoms with Gasteiger partial charge in [0.2, 0.25) is 15.9 Å². The number of carbonyl (C=O) groups is 1. The lowest BCUT2D eigenvalue weighted by Gasteiger charge is -2.12. The van der Waals surface area contributed by atoms with Crippen LogP contribution in [-0.2, 0) is 14.8 Å². The Bertz CT molecular complexity index is 898. The van der Waals surface area contributed by atoms with E-state index in [-0.39, 0.29) is 10.5 Å². The zero-order valence-corrected chi connectivity index (χ0v) is 14.9. The Kier molecular flexibility index (Phi) is 5.76. The molecule has 0 bridgehead atoms. The summed E-state index contributed by atoms with van der Waals surface area (Å²) in [6.45, 7) is 2.88. The molecule has 0 aliphatic heterocycles. The van der Waals surface area contributed by atoms with Gasteiger partial charge in [0.25, 0.3) is 0 Å². The quantitative estimate of drug-likeness (QED) is 0.822. The van der Waals surface area contributed by atoms with E-state index in [9.17, 15) is 17.6 Å². The van der Waals surface area contributed by atoms with Gasteiger partial charge in [-0.3, -0.25) is 4.79 Å². The lowest BCUT2D eigenvalue weighted by Crippen LogP contribution is -2.33. The molecule has 0 fully saturated rings. The highest BCUT2D eigenvalue weighted by molar-refractivity contribution is 7.89. The van der Waals surface area contributed by atoms with Gasteiger partial charge in [-0.15, -0.1) is 0 Å². The monoisotopic (exact) mass is 366 g/mol. The third-order valence-corrected chi connectivity index (χ3v) is 5.04. The normalized spacial score (nSPS) is 11.2. The molecule has 8 heteroatoms. The van der Waals surface area contributed by atoms with Crippen LogP contribution in [0.25, 0.3) is 0 Å². The maximum absolute atomic E-state index is 13.1. The highest BCUT2D eigenvalue weighted by Crippen LogP contribution is 2.25. The van der Waals surface area contributed by atoms with Crippen molar-refractivity contribution in [3.8, 4) is 5.75 Å². The number of methoxy groups -OCH3 is 1. The first-order valence-corrected chi connectivity index (χ1v) is 8.91. The van der Waals surface area contributed by atoms with Crippen molar-refractivity contribution in [3.05, 3.63) is 53.3 Å². The maximum Gasteiger partial charge on any atom is 0.241 e. The molecule has 0 atom stereocenters. The van der Waals surface area contributed by atoms with E-state index in [4.69, 9.17) is 4.74 Å². The molecule has 2 aromatic rings. The fraction of sp³-hybridized carbons (Fsp3) is 0.235. The summed E-state index contributed by atoms with van der Waals surface area (Å²) < 4.78 is 45.0. The Hall–Kier alpha value is -2.45. The Morgan fingerprint density at radius 2 is 1.88 bits per heavy atom. The number of sulfonamides is 1. The van der Waals surface area contributed by atoms with E-state index in [1.165, 1.54) is 14.0 Å². The van der Waals surface area contributed by atoms with E-state index in [1.807, 2.05) is 13.0 Å². The second kappa shape index (κ2) is 7.62. The molecule has 0 aromatic heterocycles. The molecule has 0 spiro atoms. The predicted molar refractivity (Wildman–Crippen MR) is 92.7 cm³/mol. The molecular formula is C17H19FN2O4S. The summed E-state index contributed by atoms with van der Waals surface area (Å²) in [5.41, 5.74) is 1.62. The SMILES string of the molecule is COc1ccc(C)cc1NC(=O)CNS(=O)(=O)c1ccc(F)cc1C. The van der Waals surface area contributed by atoms with E-state index in [1.54, 1.807) is 12.1 Å². The minimum atomic E-state index is -3.93. The number of rotatable bonds is 6. The molecule has 0 saturated heterocycles. The molecule has 134 valence electrons. The van der Waals surface area contributed by atoms with Gasteiger partial charge < -0.3 is 10.1 Å². The van der Waals surface area contributed by atoms with Crippen molar-refractivity contribution >= 4 is 21.6 Å². The molecule has 25 heavy (non-hydrogen) atoms. The molecule has 0 unspecified atom stereocenters. The average Bonchev–Trinajstić information content (AvgIpc) is 2.53. The van der Waals surface area contributed by atoms with Crippen LogP contribution < -0.4 is 14.8 Å². The van der Waals surface area contributed by atoms with Gasteiger partial charge in [-0.2, -0.15) is 0 Å². The third-order valence-electron chi connectivity index (χ3n) is 3.48. The lowest BCUT2D eigenvalue weighted by atomic mass is 10.2. The maximum atomic E-state index is 13.1. The number of benzene rings is 2. The van der Waals surface area contributed by atoms with Gasteiger partial charge in [-0.25, -0.2) is 17.5 Å². The van der Waals surface area contributed by atoms with Crippen molar-refractivity contribution in [2.45, 2.75) is 18.7 Å². The minimum Gasteiger partial charge on any atom is -0.495 e. The van der Waals surface area contributed by atoms with Crippen LogP contribution in [0.15, 0.2) is 41.3 Å². The van der Waals surface area contributed by atoms with E-state index < -0.39 is 28.3 Å². The van der Waals surface area contributed by atoms with Crippen LogP contribution >= 0.6 is 0 Å². The average molecular weight is 366 g/mol. The number of carbonyl (C=O) groups excluding carboxylic acids is 1. The number of halogens is 1. The zero-order chi connectivity index (χ0) is 18.6. The van der Waals surface area contributed by atoms with E-state index in [2.05, 4.69) is 10.0 Å². The Labute approximate surface area is 146 Å². The first kappa shape index (κ1) is 18.9. The molecule has 0 radical (unpaired) electrons. The number of hydrogen-bond acceptors (Lipinski definition) is 4. The topological polar surface area (TPSA) is 84.5 Å². The fourth-order valence-corrected chi connectivity index (χ4v) is 3.47. The largest absolute Gasteiger partial charge is 0.495 e. The summed E-state index contributed by atoms with van der Waals surface area (Å²) in [5, 5.41) is 2.60. The number of nitrogens with one attached hydrogen (secondary N) is 2. The van der Waals surface area contributed by atoms with Crippen molar-refractivity contribution in [1.82, 2.24) is 4.72 Å². The van der Waals surface area contributed by atoms with Crippen LogP contribution in [-0.4, -0.2) is 28.0 Å². The Balaban J connectivity index is 2.08. The molecule has 1 amide bonds. The predicted octanol–water partition coefficient (Wildman–Crippen LogP) is 2.37. The van der Waals surface area contributed by atoms with Crippen molar-refractivity contribution in [2.75, 3.05) is 19.0 Å². The molecule has 0 heterocycles. The molecular weight excluding hydrogens is 347 g/mol. The zero-order valence-electron chi connectivity index (χ0n) is 14.1. The Morgan fingerprint density at radius 1 is 1.16 bits per heavy atom. The van der Waals surface area contributed by atoms with Gasteiger partial charge in [0.15, 0.2) is 0 Å². The van der Waals surface area contributed by atoms with Crippen LogP contribution in [0.4, 0.5) is 10.1 Å². The number of aryl methyl sites for hydroxylation is 2. The van der Waals surface area contributed by atoms with Gasteiger partial charge in [0.1, 0.15) is 11.6 Å². The first-order chi connectivity index (χ1) is 11.7. The van der Waals surface area contributed by atoms with Gasteiger partial charge in [0.05, 0.1) is 24.2 Å². The second-order valence-corrected chi connectivity index (χ2v) is 7.22. The van der Waals surface area contributed by atoms with Gasteiger partial charge in [-0.05, 0) is 55.3 Å². The standard InChI is InChI=1S/C17H19FN2O4S/c1-11-4-6-15(24-3)14(8-11)20-17(21)10-19-25(22,23)16-7-5-13(18)9-12(16)2/h4-9,19H,10H2,1-3H3,(H,20,21). The highest BCUT2D eigenvalue weighted by atomic mass is 32.2. The smallest absolute Gasteiger partial charge is 0.241 e. The first-order valence-electron chi connectivity index (χ1n) is 7.43. The van der Waals surface area contributed by atoms with Crippen molar-refractivity contribution < 1.29 is 22.3 Å². The van der Waals surface area contributed by atoms with E-state index in [0.717, 1.165) is 23.8 Å². The van der Waals surface area contributed by atoms with Gasteiger partial charge >= 0.3 is 0 Å². The molecule has 0 saturated carbocycles. The lowest BCUT2D eigenvalue weighted by molar-refractivity contribution is -0.115. The second-order valence-electron chi connectivity index (χ2n) is 5.49. The van der Waals surface area contributed by atoms with Crippen LogP contribution in [0.3, 0.4) is 0 Å². The van der Waals surface area contributed by atoms with Crippen molar-refractivity contribution in [1.29, 1.82) is 0 Å². The number of anilines is 1. The Morgan fingerprint density at radius 3 is 2.52 bits per heavy atom. The molecule has 2 aromatic carbocycles. The fourth-order valence-electron chi connectivity index (χ4n) is 2.27. The van der Waals surface area contributed by atoms with Crippen LogP contribution in [0, 0.1) is 19.7 Å². The molecule has 6 nitrogen and oxygen atoms in total. The van der Waals surface area contributed by atoms with Crippen molar-refractivity contribution in [3.63, 3.8) is 0 Å². The number of hydrogen-bond donors (Lipinski definition) is 2. The van der Waals surface area contributed by atoms with E-state index in [0.29, 0.717) is 11.4 Å². The van der Waals surface area contributed by atoms with Gasteiger partial charge in [0, 0.05) is 0 Å². The summed E-state index contributed by atoms with van der Waals surface area (Å²) >= 11 is 0.